The van der Waals surface area contributed by atoms with Crippen molar-refractivity contribution in [1.82, 2.24) is 15.1 Å². The molecule has 2 aliphatic rings. The van der Waals surface area contributed by atoms with E-state index in [9.17, 15) is 23.2 Å². The standard InChI is InChI=1S/C24H22F2N4O3/c1-2-12-30-19-14-29(13-11-20(31)27-18-9-7-17(26)8-10-18)23(32)21(19)22(28-24(30)33)15-3-5-16(25)6-4-15/h2-10,22H,1,11-14H2,(H,27,31)(H,28,33)/t22-/m0/s1. The van der Waals surface area contributed by atoms with E-state index in [2.05, 4.69) is 17.2 Å². The summed E-state index contributed by atoms with van der Waals surface area (Å²) in [4.78, 5) is 41.3. The van der Waals surface area contributed by atoms with Crippen LogP contribution in [0.2, 0.25) is 0 Å². The van der Waals surface area contributed by atoms with Gasteiger partial charge in [0.05, 0.1) is 23.9 Å². The molecule has 33 heavy (non-hydrogen) atoms. The van der Waals surface area contributed by atoms with Gasteiger partial charge in [0.15, 0.2) is 0 Å². The average Bonchev–Trinajstić information content (AvgIpc) is 3.12. The SMILES string of the molecule is C=CCN1C(=O)N[C@@H](c2ccc(F)cc2)C2=C1CN(CCC(=O)Nc1ccc(F)cc1)C2=O. The molecule has 2 heterocycles. The molecule has 170 valence electrons. The summed E-state index contributed by atoms with van der Waals surface area (Å²) in [7, 11) is 0. The Bertz CT molecular complexity index is 1130. The molecule has 0 spiro atoms. The minimum atomic E-state index is -0.722. The lowest BCUT2D eigenvalue weighted by Crippen LogP contribution is -2.47. The van der Waals surface area contributed by atoms with Crippen molar-refractivity contribution in [2.75, 3.05) is 25.0 Å². The first-order chi connectivity index (χ1) is 15.9. The molecule has 0 saturated heterocycles. The number of benzene rings is 2. The second-order valence-corrected chi connectivity index (χ2v) is 7.73. The van der Waals surface area contributed by atoms with Gasteiger partial charge in [0.2, 0.25) is 5.91 Å². The molecule has 0 radical (unpaired) electrons. The van der Waals surface area contributed by atoms with Gasteiger partial charge in [-0.3, -0.25) is 14.5 Å². The van der Waals surface area contributed by atoms with Gasteiger partial charge in [-0.25, -0.2) is 13.6 Å². The molecule has 0 unspecified atom stereocenters. The quantitative estimate of drug-likeness (QED) is 0.633. The van der Waals surface area contributed by atoms with Crippen molar-refractivity contribution in [2.24, 2.45) is 0 Å². The summed E-state index contributed by atoms with van der Waals surface area (Å²) in [5.41, 5.74) is 1.97. The Hall–Kier alpha value is -4.01. The highest BCUT2D eigenvalue weighted by Crippen LogP contribution is 2.36. The number of carbonyl (C=O) groups is 3. The zero-order chi connectivity index (χ0) is 23.5. The second-order valence-electron chi connectivity index (χ2n) is 7.73. The number of rotatable bonds is 7. The van der Waals surface area contributed by atoms with E-state index in [0.717, 1.165) is 0 Å². The van der Waals surface area contributed by atoms with E-state index in [1.807, 2.05) is 0 Å². The van der Waals surface area contributed by atoms with Crippen molar-refractivity contribution in [3.63, 3.8) is 0 Å². The Morgan fingerprint density at radius 1 is 1.09 bits per heavy atom. The third-order valence-corrected chi connectivity index (χ3v) is 5.55. The van der Waals surface area contributed by atoms with Gasteiger partial charge in [-0.1, -0.05) is 18.2 Å². The number of urea groups is 1. The van der Waals surface area contributed by atoms with Crippen LogP contribution in [0, 0.1) is 11.6 Å². The maximum Gasteiger partial charge on any atom is 0.322 e. The van der Waals surface area contributed by atoms with E-state index in [0.29, 0.717) is 22.5 Å². The minimum absolute atomic E-state index is 0.0216. The Balaban J connectivity index is 1.50. The summed E-state index contributed by atoms with van der Waals surface area (Å²) < 4.78 is 26.4. The summed E-state index contributed by atoms with van der Waals surface area (Å²) in [6, 6.07) is 9.88. The molecule has 4 rings (SSSR count). The molecule has 2 aliphatic heterocycles. The molecule has 7 nitrogen and oxygen atoms in total. The van der Waals surface area contributed by atoms with E-state index in [4.69, 9.17) is 0 Å². The summed E-state index contributed by atoms with van der Waals surface area (Å²) >= 11 is 0. The molecular formula is C24H22F2N4O3. The molecule has 2 aromatic rings. The van der Waals surface area contributed by atoms with E-state index >= 15 is 0 Å². The zero-order valence-electron chi connectivity index (χ0n) is 17.7. The summed E-state index contributed by atoms with van der Waals surface area (Å²) in [6.07, 6.45) is 1.58. The number of halogens is 2. The van der Waals surface area contributed by atoms with Crippen molar-refractivity contribution in [2.45, 2.75) is 12.5 Å². The number of amides is 4. The van der Waals surface area contributed by atoms with Gasteiger partial charge in [0.25, 0.3) is 5.91 Å². The predicted octanol–water partition coefficient (Wildman–Crippen LogP) is 3.34. The Kier molecular flexibility index (Phi) is 6.21. The monoisotopic (exact) mass is 452 g/mol. The second kappa shape index (κ2) is 9.23. The third-order valence-electron chi connectivity index (χ3n) is 5.55. The van der Waals surface area contributed by atoms with Crippen molar-refractivity contribution in [3.05, 3.63) is 89.7 Å². The van der Waals surface area contributed by atoms with Crippen LogP contribution in [0.25, 0.3) is 0 Å². The first-order valence-electron chi connectivity index (χ1n) is 10.4. The normalized spacial score (nSPS) is 17.7. The summed E-state index contributed by atoms with van der Waals surface area (Å²) in [5, 5.41) is 5.48. The van der Waals surface area contributed by atoms with Crippen molar-refractivity contribution < 1.29 is 23.2 Å². The third kappa shape index (κ3) is 4.62. The number of nitrogens with zero attached hydrogens (tertiary/aromatic N) is 2. The van der Waals surface area contributed by atoms with Gasteiger partial charge < -0.3 is 15.5 Å². The molecule has 0 bridgehead atoms. The topological polar surface area (TPSA) is 81.8 Å². The number of hydrogen-bond donors (Lipinski definition) is 2. The Labute approximate surface area is 189 Å². The fourth-order valence-corrected chi connectivity index (χ4v) is 3.95. The zero-order valence-corrected chi connectivity index (χ0v) is 17.7. The number of nitrogens with one attached hydrogen (secondary N) is 2. The fourth-order valence-electron chi connectivity index (χ4n) is 3.95. The first-order valence-corrected chi connectivity index (χ1v) is 10.4. The highest BCUT2D eigenvalue weighted by atomic mass is 19.1. The molecule has 0 aliphatic carbocycles. The molecule has 9 heteroatoms. The summed E-state index contributed by atoms with van der Waals surface area (Å²) in [5.74, 6) is -1.46. The van der Waals surface area contributed by atoms with Gasteiger partial charge in [0, 0.05) is 25.2 Å². The van der Waals surface area contributed by atoms with Gasteiger partial charge in [0.1, 0.15) is 11.6 Å². The first kappa shape index (κ1) is 22.2. The number of hydrogen-bond acceptors (Lipinski definition) is 3. The summed E-state index contributed by atoms with van der Waals surface area (Å²) in [6.45, 7) is 4.18. The van der Waals surface area contributed by atoms with Crippen molar-refractivity contribution >= 4 is 23.5 Å². The van der Waals surface area contributed by atoms with Crippen LogP contribution >= 0.6 is 0 Å². The van der Waals surface area contributed by atoms with Crippen LogP contribution in [0.5, 0.6) is 0 Å². The Morgan fingerprint density at radius 3 is 2.36 bits per heavy atom. The predicted molar refractivity (Wildman–Crippen MR) is 118 cm³/mol. The van der Waals surface area contributed by atoms with Crippen LogP contribution in [0.3, 0.4) is 0 Å². The molecule has 1 atom stereocenters. The fraction of sp³-hybridized carbons (Fsp3) is 0.208. The lowest BCUT2D eigenvalue weighted by molar-refractivity contribution is -0.126. The number of carbonyl (C=O) groups excluding carboxylic acids is 3. The lowest BCUT2D eigenvalue weighted by Gasteiger charge is -2.33. The van der Waals surface area contributed by atoms with Crippen LogP contribution in [-0.4, -0.2) is 47.3 Å². The van der Waals surface area contributed by atoms with Gasteiger partial charge in [-0.05, 0) is 42.0 Å². The Morgan fingerprint density at radius 2 is 1.73 bits per heavy atom. The molecule has 2 aromatic carbocycles. The molecule has 4 amide bonds. The molecule has 0 aromatic heterocycles. The van der Waals surface area contributed by atoms with Crippen LogP contribution in [-0.2, 0) is 9.59 Å². The molecular weight excluding hydrogens is 430 g/mol. The lowest BCUT2D eigenvalue weighted by atomic mass is 9.95. The van der Waals surface area contributed by atoms with Crippen molar-refractivity contribution in [3.8, 4) is 0 Å². The maximum atomic E-state index is 13.4. The largest absolute Gasteiger partial charge is 0.332 e. The maximum absolute atomic E-state index is 13.4. The van der Waals surface area contributed by atoms with E-state index in [1.165, 1.54) is 58.3 Å². The highest BCUT2D eigenvalue weighted by molar-refractivity contribution is 6.02. The van der Waals surface area contributed by atoms with Gasteiger partial charge in [-0.2, -0.15) is 0 Å². The molecule has 2 N–H and O–H groups in total. The molecule has 0 saturated carbocycles. The highest BCUT2D eigenvalue weighted by Gasteiger charge is 2.43. The van der Waals surface area contributed by atoms with Crippen molar-refractivity contribution in [1.29, 1.82) is 0 Å². The molecule has 0 fully saturated rings. The minimum Gasteiger partial charge on any atom is -0.332 e. The van der Waals surface area contributed by atoms with Crippen LogP contribution in [0.1, 0.15) is 18.0 Å². The number of anilines is 1. The van der Waals surface area contributed by atoms with Crippen LogP contribution < -0.4 is 10.6 Å². The average molecular weight is 452 g/mol. The van der Waals surface area contributed by atoms with E-state index in [1.54, 1.807) is 6.08 Å². The van der Waals surface area contributed by atoms with Gasteiger partial charge >= 0.3 is 6.03 Å². The van der Waals surface area contributed by atoms with E-state index in [-0.39, 0.29) is 43.9 Å². The van der Waals surface area contributed by atoms with E-state index < -0.39 is 17.7 Å². The van der Waals surface area contributed by atoms with Crippen LogP contribution in [0.15, 0.2) is 72.5 Å². The van der Waals surface area contributed by atoms with Crippen LogP contribution in [0.4, 0.5) is 19.3 Å². The smallest absolute Gasteiger partial charge is 0.322 e. The van der Waals surface area contributed by atoms with Gasteiger partial charge in [-0.15, -0.1) is 6.58 Å².